The lowest BCUT2D eigenvalue weighted by Crippen LogP contribution is -2.18. The van der Waals surface area contributed by atoms with Gasteiger partial charge in [-0.3, -0.25) is 4.90 Å². The fraction of sp³-hybridized carbons (Fsp3) is 0.174. The van der Waals surface area contributed by atoms with E-state index in [0.29, 0.717) is 12.1 Å². The molecule has 0 spiro atoms. The van der Waals surface area contributed by atoms with Crippen LogP contribution in [0.2, 0.25) is 0 Å². The Morgan fingerprint density at radius 3 is 2.52 bits per heavy atom. The Kier molecular flexibility index (Phi) is 4.65. The van der Waals surface area contributed by atoms with Gasteiger partial charge in [0, 0.05) is 24.5 Å². The average Bonchev–Trinajstić information content (AvgIpc) is 2.68. The van der Waals surface area contributed by atoms with Gasteiger partial charge in [0.25, 0.3) is 0 Å². The summed E-state index contributed by atoms with van der Waals surface area (Å²) in [5, 5.41) is 3.25. The third-order valence-electron chi connectivity index (χ3n) is 4.77. The fourth-order valence-electron chi connectivity index (χ4n) is 3.53. The Bertz CT molecular complexity index is 1150. The van der Waals surface area contributed by atoms with Gasteiger partial charge in [0.1, 0.15) is 11.3 Å². The topological polar surface area (TPSA) is 42.7 Å². The summed E-state index contributed by atoms with van der Waals surface area (Å²) in [4.78, 5) is 14.2. The molecule has 0 amide bonds. The number of ether oxygens (including phenoxy) is 1. The zero-order valence-corrected chi connectivity index (χ0v) is 15.4. The van der Waals surface area contributed by atoms with Crippen molar-refractivity contribution in [1.82, 2.24) is 4.90 Å². The molecule has 4 nitrogen and oxygen atoms in total. The maximum Gasteiger partial charge on any atom is 0.336 e. The highest BCUT2D eigenvalue weighted by molar-refractivity contribution is 6.07. The molecule has 0 aliphatic rings. The van der Waals surface area contributed by atoms with Crippen molar-refractivity contribution in [3.63, 3.8) is 0 Å². The Balaban J connectivity index is 1.69. The van der Waals surface area contributed by atoms with Gasteiger partial charge >= 0.3 is 5.63 Å². The van der Waals surface area contributed by atoms with Crippen molar-refractivity contribution in [2.24, 2.45) is 0 Å². The van der Waals surface area contributed by atoms with E-state index < -0.39 is 0 Å². The van der Waals surface area contributed by atoms with E-state index in [1.807, 2.05) is 36.4 Å². The highest BCUT2D eigenvalue weighted by Crippen LogP contribution is 2.28. The summed E-state index contributed by atoms with van der Waals surface area (Å²) < 4.78 is 10.7. The number of nitrogens with zero attached hydrogens (tertiary/aromatic N) is 1. The van der Waals surface area contributed by atoms with Gasteiger partial charge in [-0.25, -0.2) is 4.79 Å². The van der Waals surface area contributed by atoms with E-state index in [-0.39, 0.29) is 5.63 Å². The van der Waals surface area contributed by atoms with Crippen molar-refractivity contribution in [3.8, 4) is 5.75 Å². The normalized spacial score (nSPS) is 11.4. The van der Waals surface area contributed by atoms with Crippen LogP contribution in [-0.2, 0) is 13.1 Å². The Morgan fingerprint density at radius 1 is 0.963 bits per heavy atom. The molecular formula is C23H21NO3. The average molecular weight is 359 g/mol. The van der Waals surface area contributed by atoms with E-state index in [4.69, 9.17) is 9.15 Å². The monoisotopic (exact) mass is 359 g/mol. The molecule has 3 aromatic carbocycles. The lowest BCUT2D eigenvalue weighted by atomic mass is 10.0. The van der Waals surface area contributed by atoms with Crippen LogP contribution in [0.1, 0.15) is 11.1 Å². The molecule has 0 N–H and O–H groups in total. The van der Waals surface area contributed by atoms with Crippen molar-refractivity contribution < 1.29 is 9.15 Å². The minimum absolute atomic E-state index is 0.314. The maximum atomic E-state index is 12.1. The second-order valence-electron chi connectivity index (χ2n) is 6.77. The third kappa shape index (κ3) is 3.57. The number of methoxy groups -OCH3 is 1. The third-order valence-corrected chi connectivity index (χ3v) is 4.77. The molecule has 4 rings (SSSR count). The molecule has 0 aliphatic heterocycles. The molecule has 1 heterocycles. The maximum absolute atomic E-state index is 12.1. The van der Waals surface area contributed by atoms with Gasteiger partial charge in [-0.05, 0) is 47.1 Å². The van der Waals surface area contributed by atoms with Gasteiger partial charge in [0.15, 0.2) is 0 Å². The highest BCUT2D eigenvalue weighted by Gasteiger charge is 2.12. The summed E-state index contributed by atoms with van der Waals surface area (Å²) in [6.45, 7) is 1.43. The molecule has 4 aromatic rings. The summed E-state index contributed by atoms with van der Waals surface area (Å²) in [5.41, 5.74) is 2.49. The van der Waals surface area contributed by atoms with Crippen LogP contribution in [0.25, 0.3) is 21.7 Å². The Hall–Kier alpha value is -3.11. The first-order chi connectivity index (χ1) is 13.1. The zero-order valence-electron chi connectivity index (χ0n) is 15.4. The molecule has 27 heavy (non-hydrogen) atoms. The molecule has 0 saturated heterocycles. The van der Waals surface area contributed by atoms with Crippen molar-refractivity contribution in [2.75, 3.05) is 14.2 Å². The van der Waals surface area contributed by atoms with E-state index in [0.717, 1.165) is 34.0 Å². The van der Waals surface area contributed by atoms with Gasteiger partial charge < -0.3 is 9.15 Å². The summed E-state index contributed by atoms with van der Waals surface area (Å²) in [5.74, 6) is 0.847. The van der Waals surface area contributed by atoms with Crippen molar-refractivity contribution in [2.45, 2.75) is 13.1 Å². The number of fused-ring (bicyclic) bond motifs is 3. The van der Waals surface area contributed by atoms with Crippen LogP contribution in [0.4, 0.5) is 0 Å². The summed E-state index contributed by atoms with van der Waals surface area (Å²) in [6, 6.07) is 21.7. The molecular weight excluding hydrogens is 338 g/mol. The van der Waals surface area contributed by atoms with Gasteiger partial charge in [-0.2, -0.15) is 0 Å². The van der Waals surface area contributed by atoms with E-state index in [1.54, 1.807) is 13.2 Å². The van der Waals surface area contributed by atoms with Crippen molar-refractivity contribution in [3.05, 3.63) is 88.3 Å². The Morgan fingerprint density at radius 2 is 1.74 bits per heavy atom. The van der Waals surface area contributed by atoms with Gasteiger partial charge in [-0.15, -0.1) is 0 Å². The smallest absolute Gasteiger partial charge is 0.336 e. The van der Waals surface area contributed by atoms with E-state index in [9.17, 15) is 4.79 Å². The standard InChI is InChI=1S/C23H21NO3/c1-24(14-16-7-10-19(26-2)11-8-16)15-18-13-22(25)27-21-12-9-17-5-3-4-6-20(17)23(18)21/h3-13H,14-15H2,1-2H3. The highest BCUT2D eigenvalue weighted by atomic mass is 16.5. The predicted octanol–water partition coefficient (Wildman–Crippen LogP) is 4.59. The molecule has 4 heteroatoms. The lowest BCUT2D eigenvalue weighted by molar-refractivity contribution is 0.319. The molecule has 0 unspecified atom stereocenters. The van der Waals surface area contributed by atoms with Crippen LogP contribution in [-0.4, -0.2) is 19.1 Å². The molecule has 0 saturated carbocycles. The SMILES string of the molecule is COc1ccc(CN(C)Cc2cc(=O)oc3ccc4ccccc4c23)cc1. The van der Waals surface area contributed by atoms with Crippen molar-refractivity contribution in [1.29, 1.82) is 0 Å². The number of hydrogen-bond acceptors (Lipinski definition) is 4. The minimum Gasteiger partial charge on any atom is -0.497 e. The fourth-order valence-corrected chi connectivity index (χ4v) is 3.53. The van der Waals surface area contributed by atoms with Crippen LogP contribution in [0.3, 0.4) is 0 Å². The van der Waals surface area contributed by atoms with Crippen LogP contribution in [0, 0.1) is 0 Å². The molecule has 0 fully saturated rings. The molecule has 0 aliphatic carbocycles. The van der Waals surface area contributed by atoms with Gasteiger partial charge in [-0.1, -0.05) is 42.5 Å². The predicted molar refractivity (Wildman–Crippen MR) is 108 cm³/mol. The van der Waals surface area contributed by atoms with E-state index >= 15 is 0 Å². The van der Waals surface area contributed by atoms with E-state index in [2.05, 4.69) is 36.2 Å². The lowest BCUT2D eigenvalue weighted by Gasteiger charge is -2.18. The van der Waals surface area contributed by atoms with Crippen molar-refractivity contribution >= 4 is 21.7 Å². The summed E-state index contributed by atoms with van der Waals surface area (Å²) in [7, 11) is 3.72. The second-order valence-corrected chi connectivity index (χ2v) is 6.77. The zero-order chi connectivity index (χ0) is 18.8. The van der Waals surface area contributed by atoms with Gasteiger partial charge in [0.05, 0.1) is 7.11 Å². The minimum atomic E-state index is -0.314. The first kappa shape index (κ1) is 17.3. The molecule has 0 bridgehead atoms. The number of benzene rings is 3. The number of hydrogen-bond donors (Lipinski definition) is 0. The quantitative estimate of drug-likeness (QED) is 0.386. The molecule has 0 atom stereocenters. The molecule has 1 aromatic heterocycles. The molecule has 136 valence electrons. The number of rotatable bonds is 5. The Labute approximate surface area is 157 Å². The largest absolute Gasteiger partial charge is 0.497 e. The first-order valence-electron chi connectivity index (χ1n) is 8.90. The van der Waals surface area contributed by atoms with E-state index in [1.165, 1.54) is 5.56 Å². The second kappa shape index (κ2) is 7.25. The van der Waals surface area contributed by atoms with Gasteiger partial charge in [0.2, 0.25) is 0 Å². The van der Waals surface area contributed by atoms with Crippen LogP contribution < -0.4 is 10.4 Å². The summed E-state index contributed by atoms with van der Waals surface area (Å²) >= 11 is 0. The van der Waals surface area contributed by atoms with Crippen LogP contribution >= 0.6 is 0 Å². The molecule has 0 radical (unpaired) electrons. The summed E-state index contributed by atoms with van der Waals surface area (Å²) in [6.07, 6.45) is 0. The van der Waals surface area contributed by atoms with Crippen LogP contribution in [0.15, 0.2) is 75.9 Å². The van der Waals surface area contributed by atoms with Crippen LogP contribution in [0.5, 0.6) is 5.75 Å². The first-order valence-corrected chi connectivity index (χ1v) is 8.90.